The summed E-state index contributed by atoms with van der Waals surface area (Å²) < 4.78 is 33.9. The first-order chi connectivity index (χ1) is 10.0. The highest BCUT2D eigenvalue weighted by Crippen LogP contribution is 2.21. The first-order valence-electron chi connectivity index (χ1n) is 6.53. The minimum absolute atomic E-state index is 0. The molecule has 0 aromatic heterocycles. The molecular weight excluding hydrogens is 318 g/mol. The molecule has 1 aromatic carbocycles. The largest absolute Gasteiger partial charge is 0.434 e. The number of hydrogen-bond acceptors (Lipinski definition) is 4. The van der Waals surface area contributed by atoms with Gasteiger partial charge in [-0.2, -0.15) is 8.78 Å². The SMILES string of the molecule is COCCNCC(=O)NCc1cc(C)ccc1OC(F)F.Cl. The zero-order chi connectivity index (χ0) is 15.7. The van der Waals surface area contributed by atoms with Crippen LogP contribution in [0.1, 0.15) is 11.1 Å². The van der Waals surface area contributed by atoms with E-state index in [0.29, 0.717) is 18.7 Å². The normalized spacial score (nSPS) is 10.2. The smallest absolute Gasteiger partial charge is 0.387 e. The Labute approximate surface area is 134 Å². The Kier molecular flexibility index (Phi) is 10.4. The van der Waals surface area contributed by atoms with Gasteiger partial charge in [0.2, 0.25) is 5.91 Å². The zero-order valence-electron chi connectivity index (χ0n) is 12.5. The number of aryl methyl sites for hydroxylation is 1. The van der Waals surface area contributed by atoms with Crippen LogP contribution in [-0.2, 0) is 16.1 Å². The van der Waals surface area contributed by atoms with Gasteiger partial charge in [0.1, 0.15) is 5.75 Å². The van der Waals surface area contributed by atoms with Crippen LogP contribution in [0.5, 0.6) is 5.75 Å². The Bertz CT molecular complexity index is 462. The van der Waals surface area contributed by atoms with E-state index in [1.54, 1.807) is 19.2 Å². The number of hydrogen-bond donors (Lipinski definition) is 2. The first-order valence-corrected chi connectivity index (χ1v) is 6.53. The Morgan fingerprint density at radius 2 is 2.09 bits per heavy atom. The van der Waals surface area contributed by atoms with E-state index in [4.69, 9.17) is 4.74 Å². The lowest BCUT2D eigenvalue weighted by atomic mass is 10.1. The lowest BCUT2D eigenvalue weighted by Crippen LogP contribution is -2.34. The number of carbonyl (C=O) groups excluding carboxylic acids is 1. The topological polar surface area (TPSA) is 59.6 Å². The van der Waals surface area contributed by atoms with E-state index < -0.39 is 6.61 Å². The molecule has 0 aliphatic carbocycles. The molecule has 5 nitrogen and oxygen atoms in total. The molecule has 1 amide bonds. The van der Waals surface area contributed by atoms with Crippen molar-refractivity contribution >= 4 is 18.3 Å². The summed E-state index contributed by atoms with van der Waals surface area (Å²) in [5.74, 6) is -0.154. The Morgan fingerprint density at radius 3 is 2.73 bits per heavy atom. The number of amides is 1. The summed E-state index contributed by atoms with van der Waals surface area (Å²) in [7, 11) is 1.57. The van der Waals surface area contributed by atoms with Gasteiger partial charge < -0.3 is 20.1 Å². The predicted molar refractivity (Wildman–Crippen MR) is 81.7 cm³/mol. The van der Waals surface area contributed by atoms with Crippen LogP contribution in [-0.4, -0.2) is 39.3 Å². The lowest BCUT2D eigenvalue weighted by molar-refractivity contribution is -0.120. The van der Waals surface area contributed by atoms with Gasteiger partial charge in [-0.05, 0) is 13.0 Å². The molecule has 1 rings (SSSR count). The van der Waals surface area contributed by atoms with Gasteiger partial charge in [-0.1, -0.05) is 17.7 Å². The Morgan fingerprint density at radius 1 is 1.36 bits per heavy atom. The summed E-state index contributed by atoms with van der Waals surface area (Å²) in [5, 5.41) is 5.54. The van der Waals surface area contributed by atoms with E-state index in [2.05, 4.69) is 15.4 Å². The third kappa shape index (κ3) is 8.11. The predicted octanol–water partition coefficient (Wildman–Crippen LogP) is 1.87. The van der Waals surface area contributed by atoms with Crippen LogP contribution in [0.2, 0.25) is 0 Å². The molecule has 0 heterocycles. The zero-order valence-corrected chi connectivity index (χ0v) is 13.3. The lowest BCUT2D eigenvalue weighted by Gasteiger charge is -2.12. The summed E-state index contributed by atoms with van der Waals surface area (Å²) in [6.07, 6.45) is 0. The average molecular weight is 339 g/mol. The maximum absolute atomic E-state index is 12.3. The summed E-state index contributed by atoms with van der Waals surface area (Å²) in [4.78, 5) is 11.6. The third-order valence-corrected chi connectivity index (χ3v) is 2.68. The molecular formula is C14H21ClF2N2O3. The van der Waals surface area contributed by atoms with Crippen molar-refractivity contribution in [1.82, 2.24) is 10.6 Å². The molecule has 126 valence electrons. The molecule has 1 aromatic rings. The molecule has 0 aliphatic rings. The molecule has 0 saturated heterocycles. The van der Waals surface area contributed by atoms with Crippen molar-refractivity contribution in [3.05, 3.63) is 29.3 Å². The fourth-order valence-corrected chi connectivity index (χ4v) is 1.69. The molecule has 0 radical (unpaired) electrons. The summed E-state index contributed by atoms with van der Waals surface area (Å²) in [6.45, 7) is 0.294. The standard InChI is InChI=1S/C14H20F2N2O3.ClH/c1-10-3-4-12(21-14(15)16)11(7-10)8-18-13(19)9-17-5-6-20-2;/h3-4,7,14,17H,5-6,8-9H2,1-2H3,(H,18,19);1H. The van der Waals surface area contributed by atoms with Crippen molar-refractivity contribution < 1.29 is 23.0 Å². The number of ether oxygens (including phenoxy) is 2. The number of alkyl halides is 2. The number of halogens is 3. The third-order valence-electron chi connectivity index (χ3n) is 2.68. The van der Waals surface area contributed by atoms with Gasteiger partial charge in [0.05, 0.1) is 13.2 Å². The number of benzene rings is 1. The van der Waals surface area contributed by atoms with Gasteiger partial charge in [-0.25, -0.2) is 0 Å². The van der Waals surface area contributed by atoms with Gasteiger partial charge >= 0.3 is 6.61 Å². The summed E-state index contributed by atoms with van der Waals surface area (Å²) in [6, 6.07) is 4.85. The van der Waals surface area contributed by atoms with E-state index in [-0.39, 0.29) is 37.2 Å². The van der Waals surface area contributed by atoms with Crippen molar-refractivity contribution in [2.45, 2.75) is 20.1 Å². The minimum Gasteiger partial charge on any atom is -0.434 e. The highest BCUT2D eigenvalue weighted by Gasteiger charge is 2.10. The van der Waals surface area contributed by atoms with E-state index in [1.165, 1.54) is 6.07 Å². The monoisotopic (exact) mass is 338 g/mol. The Balaban J connectivity index is 0.00000441. The molecule has 8 heteroatoms. The summed E-state index contributed by atoms with van der Waals surface area (Å²) >= 11 is 0. The van der Waals surface area contributed by atoms with Crippen LogP contribution >= 0.6 is 12.4 Å². The molecule has 2 N–H and O–H groups in total. The number of nitrogens with one attached hydrogen (secondary N) is 2. The second-order valence-corrected chi connectivity index (χ2v) is 4.44. The highest BCUT2D eigenvalue weighted by atomic mass is 35.5. The van der Waals surface area contributed by atoms with Gasteiger partial charge in [0.25, 0.3) is 0 Å². The Hall–Kier alpha value is -1.44. The average Bonchev–Trinajstić information content (AvgIpc) is 2.43. The first kappa shape index (κ1) is 20.6. The fraction of sp³-hybridized carbons (Fsp3) is 0.500. The van der Waals surface area contributed by atoms with Crippen LogP contribution in [0, 0.1) is 6.92 Å². The minimum atomic E-state index is -2.89. The van der Waals surface area contributed by atoms with Gasteiger partial charge in [0.15, 0.2) is 0 Å². The van der Waals surface area contributed by atoms with Crippen LogP contribution in [0.3, 0.4) is 0 Å². The van der Waals surface area contributed by atoms with Crippen molar-refractivity contribution in [3.63, 3.8) is 0 Å². The second kappa shape index (κ2) is 11.2. The van der Waals surface area contributed by atoms with Crippen molar-refractivity contribution in [3.8, 4) is 5.75 Å². The molecule has 0 atom stereocenters. The van der Waals surface area contributed by atoms with Crippen molar-refractivity contribution in [1.29, 1.82) is 0 Å². The summed E-state index contributed by atoms with van der Waals surface area (Å²) in [5.41, 5.74) is 1.42. The number of rotatable bonds is 9. The second-order valence-electron chi connectivity index (χ2n) is 4.44. The van der Waals surface area contributed by atoms with Crippen molar-refractivity contribution in [2.75, 3.05) is 26.8 Å². The van der Waals surface area contributed by atoms with E-state index >= 15 is 0 Å². The molecule has 0 bridgehead atoms. The van der Waals surface area contributed by atoms with E-state index in [0.717, 1.165) is 5.56 Å². The van der Waals surface area contributed by atoms with Crippen molar-refractivity contribution in [2.24, 2.45) is 0 Å². The molecule has 0 fully saturated rings. The van der Waals surface area contributed by atoms with Crippen LogP contribution in [0.15, 0.2) is 18.2 Å². The highest BCUT2D eigenvalue weighted by molar-refractivity contribution is 5.85. The maximum atomic E-state index is 12.3. The molecule has 0 saturated carbocycles. The molecule has 0 aliphatic heterocycles. The van der Waals surface area contributed by atoms with Gasteiger partial charge in [-0.15, -0.1) is 12.4 Å². The number of carbonyl (C=O) groups is 1. The molecule has 22 heavy (non-hydrogen) atoms. The number of methoxy groups -OCH3 is 1. The fourth-order valence-electron chi connectivity index (χ4n) is 1.69. The van der Waals surface area contributed by atoms with Crippen LogP contribution < -0.4 is 15.4 Å². The van der Waals surface area contributed by atoms with Gasteiger partial charge in [-0.3, -0.25) is 4.79 Å². The quantitative estimate of drug-likeness (QED) is 0.675. The molecule has 0 spiro atoms. The maximum Gasteiger partial charge on any atom is 0.387 e. The van der Waals surface area contributed by atoms with Crippen LogP contribution in [0.25, 0.3) is 0 Å². The van der Waals surface area contributed by atoms with Crippen LogP contribution in [0.4, 0.5) is 8.78 Å². The van der Waals surface area contributed by atoms with E-state index in [1.807, 2.05) is 6.92 Å². The molecule has 0 unspecified atom stereocenters. The van der Waals surface area contributed by atoms with E-state index in [9.17, 15) is 13.6 Å². The van der Waals surface area contributed by atoms with Gasteiger partial charge in [0, 0.05) is 25.8 Å².